The quantitative estimate of drug-likeness (QED) is 0.855. The first-order valence-corrected chi connectivity index (χ1v) is 7.45. The van der Waals surface area contributed by atoms with E-state index in [1.165, 1.54) is 18.3 Å². The fraction of sp³-hybridized carbons (Fsp3) is 0.294. The van der Waals surface area contributed by atoms with Crippen molar-refractivity contribution in [3.8, 4) is 5.88 Å². The molecule has 0 aliphatic rings. The van der Waals surface area contributed by atoms with Crippen LogP contribution in [0.5, 0.6) is 5.88 Å². The van der Waals surface area contributed by atoms with Crippen molar-refractivity contribution in [3.05, 3.63) is 47.5 Å². The molecule has 0 aromatic carbocycles. The van der Waals surface area contributed by atoms with E-state index in [9.17, 15) is 19.1 Å². The second kappa shape index (κ2) is 7.25. The van der Waals surface area contributed by atoms with E-state index in [0.717, 1.165) is 17.2 Å². The molecule has 2 aromatic heterocycles. The molecule has 7 nitrogen and oxygen atoms in total. The standard InChI is InChI=1S/C17H18FN3O4/c1-17(2,3)25-16(24)21(14-5-4-11(10-22)7-19-14)9-12-6-13(18)8-20-15(12)23/h4-8,10H,9H2,1-3H3,(H,20,23). The number of rotatable bonds is 4. The first-order valence-electron chi connectivity index (χ1n) is 7.45. The van der Waals surface area contributed by atoms with Crippen molar-refractivity contribution < 1.29 is 23.8 Å². The molecule has 8 heteroatoms. The number of amides is 1. The Bertz CT molecular complexity index is 772. The van der Waals surface area contributed by atoms with Crippen molar-refractivity contribution in [2.24, 2.45) is 0 Å². The number of aromatic hydroxyl groups is 1. The Morgan fingerprint density at radius 1 is 1.32 bits per heavy atom. The summed E-state index contributed by atoms with van der Waals surface area (Å²) < 4.78 is 18.7. The maximum atomic E-state index is 13.4. The number of hydrogen-bond acceptors (Lipinski definition) is 6. The highest BCUT2D eigenvalue weighted by Crippen LogP contribution is 2.23. The van der Waals surface area contributed by atoms with Crippen molar-refractivity contribution in [3.63, 3.8) is 0 Å². The van der Waals surface area contributed by atoms with E-state index < -0.39 is 23.4 Å². The number of carbonyl (C=O) groups is 2. The number of aldehydes is 1. The maximum Gasteiger partial charge on any atom is 0.416 e. The molecular formula is C17H18FN3O4. The molecule has 1 amide bonds. The Morgan fingerprint density at radius 3 is 2.60 bits per heavy atom. The lowest BCUT2D eigenvalue weighted by Gasteiger charge is -2.27. The number of carbonyl (C=O) groups excluding carboxylic acids is 2. The SMILES string of the molecule is CC(C)(C)OC(=O)N(Cc1cc(F)cnc1O)c1ccc(C=O)cn1. The van der Waals surface area contributed by atoms with Crippen LogP contribution in [0.2, 0.25) is 0 Å². The summed E-state index contributed by atoms with van der Waals surface area (Å²) in [4.78, 5) is 32.0. The average molecular weight is 347 g/mol. The van der Waals surface area contributed by atoms with Crippen LogP contribution in [0.4, 0.5) is 15.0 Å². The van der Waals surface area contributed by atoms with E-state index in [0.29, 0.717) is 11.8 Å². The van der Waals surface area contributed by atoms with E-state index >= 15 is 0 Å². The van der Waals surface area contributed by atoms with Gasteiger partial charge in [0.05, 0.1) is 12.7 Å². The third kappa shape index (κ3) is 4.97. The molecule has 0 saturated heterocycles. The van der Waals surface area contributed by atoms with Crippen LogP contribution in [0, 0.1) is 5.82 Å². The van der Waals surface area contributed by atoms with Crippen LogP contribution < -0.4 is 4.90 Å². The molecule has 0 radical (unpaired) electrons. The second-order valence-electron chi connectivity index (χ2n) is 6.27. The molecule has 2 rings (SSSR count). The normalized spacial score (nSPS) is 11.0. The van der Waals surface area contributed by atoms with Gasteiger partial charge in [0.25, 0.3) is 0 Å². The molecule has 0 atom stereocenters. The summed E-state index contributed by atoms with van der Waals surface area (Å²) >= 11 is 0. The van der Waals surface area contributed by atoms with Gasteiger partial charge >= 0.3 is 6.09 Å². The van der Waals surface area contributed by atoms with Gasteiger partial charge < -0.3 is 9.84 Å². The predicted octanol–water partition coefficient (Wildman–Crippen LogP) is 3.08. The number of aromatic nitrogens is 2. The van der Waals surface area contributed by atoms with Crippen LogP contribution in [0.1, 0.15) is 36.7 Å². The Kier molecular flexibility index (Phi) is 5.31. The number of pyridine rings is 2. The van der Waals surface area contributed by atoms with Crippen molar-refractivity contribution in [1.29, 1.82) is 0 Å². The van der Waals surface area contributed by atoms with Crippen LogP contribution >= 0.6 is 0 Å². The number of hydrogen-bond donors (Lipinski definition) is 1. The third-order valence-electron chi connectivity index (χ3n) is 3.04. The third-order valence-corrected chi connectivity index (χ3v) is 3.04. The fourth-order valence-corrected chi connectivity index (χ4v) is 1.94. The summed E-state index contributed by atoms with van der Waals surface area (Å²) in [6.45, 7) is 4.90. The minimum atomic E-state index is -0.764. The van der Waals surface area contributed by atoms with Gasteiger partial charge in [0.15, 0.2) is 6.29 Å². The van der Waals surface area contributed by atoms with Crippen molar-refractivity contribution in [2.45, 2.75) is 32.9 Å². The van der Waals surface area contributed by atoms with E-state index in [-0.39, 0.29) is 17.9 Å². The molecule has 0 spiro atoms. The second-order valence-corrected chi connectivity index (χ2v) is 6.27. The highest BCUT2D eigenvalue weighted by atomic mass is 19.1. The van der Waals surface area contributed by atoms with Crippen LogP contribution in [-0.2, 0) is 11.3 Å². The molecule has 1 N–H and O–H groups in total. The van der Waals surface area contributed by atoms with Gasteiger partial charge in [-0.2, -0.15) is 0 Å². The molecule has 2 aromatic rings. The highest BCUT2D eigenvalue weighted by molar-refractivity contribution is 5.87. The average Bonchev–Trinajstić information content (AvgIpc) is 2.54. The van der Waals surface area contributed by atoms with Gasteiger partial charge in [0, 0.05) is 17.3 Å². The van der Waals surface area contributed by atoms with Crippen LogP contribution in [-0.4, -0.2) is 33.1 Å². The smallest absolute Gasteiger partial charge is 0.416 e. The molecule has 132 valence electrons. The molecule has 0 saturated carbocycles. The van der Waals surface area contributed by atoms with Gasteiger partial charge in [0.2, 0.25) is 5.88 Å². The molecule has 0 bridgehead atoms. The summed E-state index contributed by atoms with van der Waals surface area (Å²) in [6.07, 6.45) is 2.05. The monoisotopic (exact) mass is 347 g/mol. The zero-order valence-corrected chi connectivity index (χ0v) is 14.1. The van der Waals surface area contributed by atoms with Gasteiger partial charge in [-0.1, -0.05) is 0 Å². The van der Waals surface area contributed by atoms with E-state index in [1.54, 1.807) is 20.8 Å². The zero-order valence-electron chi connectivity index (χ0n) is 14.1. The fourth-order valence-electron chi connectivity index (χ4n) is 1.94. The van der Waals surface area contributed by atoms with Crippen LogP contribution in [0.15, 0.2) is 30.6 Å². The van der Waals surface area contributed by atoms with E-state index in [2.05, 4.69) is 9.97 Å². The Hall–Kier alpha value is -3.03. The predicted molar refractivity (Wildman–Crippen MR) is 87.9 cm³/mol. The summed E-state index contributed by atoms with van der Waals surface area (Å²) in [5, 5.41) is 9.80. The highest BCUT2D eigenvalue weighted by Gasteiger charge is 2.25. The van der Waals surface area contributed by atoms with Gasteiger partial charge in [-0.05, 0) is 39.0 Å². The molecule has 25 heavy (non-hydrogen) atoms. The van der Waals surface area contributed by atoms with Crippen LogP contribution in [0.3, 0.4) is 0 Å². The van der Waals surface area contributed by atoms with Crippen molar-refractivity contribution in [1.82, 2.24) is 9.97 Å². The maximum absolute atomic E-state index is 13.4. The Morgan fingerprint density at radius 2 is 2.04 bits per heavy atom. The van der Waals surface area contributed by atoms with E-state index in [1.807, 2.05) is 0 Å². The van der Waals surface area contributed by atoms with Crippen molar-refractivity contribution >= 4 is 18.2 Å². The number of nitrogens with zero attached hydrogens (tertiary/aromatic N) is 3. The van der Waals surface area contributed by atoms with Crippen molar-refractivity contribution in [2.75, 3.05) is 4.90 Å². The van der Waals surface area contributed by atoms with E-state index in [4.69, 9.17) is 4.74 Å². The molecule has 2 heterocycles. The lowest BCUT2D eigenvalue weighted by Crippen LogP contribution is -2.37. The molecular weight excluding hydrogens is 329 g/mol. The summed E-state index contributed by atoms with van der Waals surface area (Å²) in [6, 6.07) is 4.01. The Labute approximate surface area is 144 Å². The van der Waals surface area contributed by atoms with Gasteiger partial charge in [0.1, 0.15) is 17.2 Å². The summed E-state index contributed by atoms with van der Waals surface area (Å²) in [5.74, 6) is -0.871. The lowest BCUT2D eigenvalue weighted by molar-refractivity contribution is 0.0576. The topological polar surface area (TPSA) is 92.6 Å². The zero-order chi connectivity index (χ0) is 18.6. The number of anilines is 1. The summed E-state index contributed by atoms with van der Waals surface area (Å²) in [7, 11) is 0. The van der Waals surface area contributed by atoms with Gasteiger partial charge in [-0.25, -0.2) is 19.2 Å². The molecule has 0 unspecified atom stereocenters. The first-order chi connectivity index (χ1) is 11.7. The molecule has 0 aliphatic carbocycles. The lowest BCUT2D eigenvalue weighted by atomic mass is 10.2. The minimum Gasteiger partial charge on any atom is -0.493 e. The van der Waals surface area contributed by atoms with Gasteiger partial charge in [-0.15, -0.1) is 0 Å². The summed E-state index contributed by atoms with van der Waals surface area (Å²) in [5.41, 5.74) is -0.337. The number of ether oxygens (including phenoxy) is 1. The van der Waals surface area contributed by atoms with Crippen LogP contribution in [0.25, 0.3) is 0 Å². The first kappa shape index (κ1) is 18.3. The number of halogens is 1. The molecule has 0 aliphatic heterocycles. The van der Waals surface area contributed by atoms with Gasteiger partial charge in [-0.3, -0.25) is 9.69 Å². The Balaban J connectivity index is 2.38. The largest absolute Gasteiger partial charge is 0.493 e. The minimum absolute atomic E-state index is 0.0899. The molecule has 0 fully saturated rings.